The van der Waals surface area contributed by atoms with Gasteiger partial charge in [0.15, 0.2) is 0 Å². The minimum absolute atomic E-state index is 0.341. The van der Waals surface area contributed by atoms with Crippen molar-refractivity contribution in [1.29, 1.82) is 0 Å². The van der Waals surface area contributed by atoms with Gasteiger partial charge in [0.05, 0.1) is 23.3 Å². The van der Waals surface area contributed by atoms with Gasteiger partial charge in [0.25, 0.3) is 0 Å². The van der Waals surface area contributed by atoms with Crippen LogP contribution >= 0.6 is 0 Å². The zero-order chi connectivity index (χ0) is 21.9. The third-order valence-corrected chi connectivity index (χ3v) is 7.98. The number of aromatic nitrogens is 2. The lowest BCUT2D eigenvalue weighted by Crippen LogP contribution is -2.35. The smallest absolute Gasteiger partial charge is 0.242 e. The van der Waals surface area contributed by atoms with E-state index in [1.807, 2.05) is 17.8 Å². The number of nitrogens with one attached hydrogen (secondary N) is 1. The summed E-state index contributed by atoms with van der Waals surface area (Å²) in [4.78, 5) is 6.77. The highest BCUT2D eigenvalue weighted by Gasteiger charge is 2.34. The summed E-state index contributed by atoms with van der Waals surface area (Å²) < 4.78 is 31.2. The number of hydrogen-bond acceptors (Lipinski definition) is 6. The minimum atomic E-state index is -3.66. The van der Waals surface area contributed by atoms with Crippen LogP contribution in [0.5, 0.6) is 0 Å². The Morgan fingerprint density at radius 3 is 2.71 bits per heavy atom. The molecule has 0 fully saturated rings. The number of anilines is 2. The van der Waals surface area contributed by atoms with Gasteiger partial charge in [0.2, 0.25) is 10.0 Å². The summed E-state index contributed by atoms with van der Waals surface area (Å²) in [6.07, 6.45) is 4.70. The molecule has 1 atom stereocenters. The average Bonchev–Trinajstić information content (AvgIpc) is 3.38. The molecule has 0 amide bonds. The van der Waals surface area contributed by atoms with Gasteiger partial charge in [0.1, 0.15) is 10.9 Å². The zero-order valence-electron chi connectivity index (χ0n) is 18.1. The van der Waals surface area contributed by atoms with Gasteiger partial charge in [-0.05, 0) is 36.6 Å². The second-order valence-corrected chi connectivity index (χ2v) is 10.3. The largest absolute Gasteiger partial charge is 0.374 e. The van der Waals surface area contributed by atoms with Crippen molar-refractivity contribution in [2.75, 3.05) is 36.8 Å². The number of hydrazone groups is 1. The molecule has 1 aromatic carbocycles. The van der Waals surface area contributed by atoms with E-state index in [2.05, 4.69) is 45.0 Å². The number of nitrogens with zero attached hydrogens (tertiary/aromatic N) is 5. The van der Waals surface area contributed by atoms with E-state index in [4.69, 9.17) is 0 Å². The van der Waals surface area contributed by atoms with Crippen molar-refractivity contribution in [3.63, 3.8) is 0 Å². The molecular weight excluding hydrogens is 412 g/mol. The van der Waals surface area contributed by atoms with Crippen LogP contribution in [0.25, 0.3) is 22.2 Å². The third-order valence-electron chi connectivity index (χ3n) is 6.23. The van der Waals surface area contributed by atoms with Crippen LogP contribution in [-0.2, 0) is 23.5 Å². The molecule has 5 rings (SSSR count). The minimum Gasteiger partial charge on any atom is -0.374 e. The van der Waals surface area contributed by atoms with Crippen LogP contribution < -0.4 is 9.62 Å². The van der Waals surface area contributed by atoms with E-state index in [0.29, 0.717) is 17.9 Å². The van der Waals surface area contributed by atoms with Crippen molar-refractivity contribution >= 4 is 38.1 Å². The molecule has 0 aliphatic carbocycles. The van der Waals surface area contributed by atoms with Crippen molar-refractivity contribution in [2.24, 2.45) is 12.1 Å². The number of sulfonamides is 1. The Bertz CT molecular complexity index is 1330. The molecule has 1 N–H and O–H groups in total. The molecule has 8 nitrogen and oxygen atoms in total. The number of rotatable bonds is 4. The van der Waals surface area contributed by atoms with Gasteiger partial charge in [-0.1, -0.05) is 12.1 Å². The normalized spacial score (nSPS) is 18.6. The summed E-state index contributed by atoms with van der Waals surface area (Å²) in [5.41, 5.74) is 6.43. The molecule has 2 aliphatic heterocycles. The molecule has 2 aromatic heterocycles. The van der Waals surface area contributed by atoms with Crippen molar-refractivity contribution in [3.05, 3.63) is 42.2 Å². The highest BCUT2D eigenvalue weighted by Crippen LogP contribution is 2.38. The second-order valence-electron chi connectivity index (χ2n) is 8.44. The maximum Gasteiger partial charge on any atom is 0.242 e. The molecule has 31 heavy (non-hydrogen) atoms. The summed E-state index contributed by atoms with van der Waals surface area (Å²) in [5, 5.41) is 6.04. The molecule has 2 aliphatic rings. The molecule has 0 bridgehead atoms. The summed E-state index contributed by atoms with van der Waals surface area (Å²) >= 11 is 0. The molecule has 4 heterocycles. The number of likely N-dealkylation sites (N-methyl/N-ethyl adjacent to an activating group) is 1. The van der Waals surface area contributed by atoms with E-state index in [9.17, 15) is 8.42 Å². The molecule has 1 unspecified atom stereocenters. The molecule has 0 radical (unpaired) electrons. The highest BCUT2D eigenvalue weighted by atomic mass is 32.2. The predicted octanol–water partition coefficient (Wildman–Crippen LogP) is 2.66. The second kappa shape index (κ2) is 6.98. The van der Waals surface area contributed by atoms with Gasteiger partial charge >= 0.3 is 0 Å². The maximum absolute atomic E-state index is 13.2. The SMILES string of the molecule is CC1=NN(C)CC1S(=O)(=O)Nc1ccnc2c1c(-c1ccc3c(c1)N(C)CC3)cn2C. The standard InChI is InChI=1S/C22H26N6O2S/c1-14-20(13-28(4)24-14)31(29,30)25-18-7-9-23-22-21(18)17(12-27(22)3)16-6-5-15-8-10-26(2)19(15)11-16/h5-7,9,11-12,20H,8,10,13H2,1-4H3,(H,23,25). The van der Waals surface area contributed by atoms with Crippen molar-refractivity contribution in [3.8, 4) is 11.1 Å². The average molecular weight is 439 g/mol. The van der Waals surface area contributed by atoms with Crippen LogP contribution in [0, 0.1) is 0 Å². The summed E-state index contributed by atoms with van der Waals surface area (Å²) in [6.45, 7) is 3.11. The molecule has 0 spiro atoms. The quantitative estimate of drug-likeness (QED) is 0.677. The molecular formula is C22H26N6O2S. The lowest BCUT2D eigenvalue weighted by atomic mass is 10.0. The lowest BCUT2D eigenvalue weighted by Gasteiger charge is -2.16. The summed E-state index contributed by atoms with van der Waals surface area (Å²) in [5.74, 6) is 0. The van der Waals surface area contributed by atoms with Crippen molar-refractivity contribution in [1.82, 2.24) is 14.6 Å². The molecule has 0 saturated carbocycles. The molecule has 3 aromatic rings. The fourth-order valence-electron chi connectivity index (χ4n) is 4.61. The van der Waals surface area contributed by atoms with Gasteiger partial charge in [-0.25, -0.2) is 13.4 Å². The van der Waals surface area contributed by atoms with Gasteiger partial charge in [-0.3, -0.25) is 9.73 Å². The van der Waals surface area contributed by atoms with Crippen molar-refractivity contribution in [2.45, 2.75) is 18.6 Å². The topological polar surface area (TPSA) is 82.8 Å². The highest BCUT2D eigenvalue weighted by molar-refractivity contribution is 7.94. The number of hydrogen-bond donors (Lipinski definition) is 1. The summed E-state index contributed by atoms with van der Waals surface area (Å²) in [6, 6.07) is 8.20. The third kappa shape index (κ3) is 3.23. The summed E-state index contributed by atoms with van der Waals surface area (Å²) in [7, 11) is 2.15. The van der Waals surface area contributed by atoms with E-state index >= 15 is 0 Å². The van der Waals surface area contributed by atoms with Gasteiger partial charge in [-0.2, -0.15) is 5.10 Å². The number of aryl methyl sites for hydroxylation is 1. The first-order valence-corrected chi connectivity index (χ1v) is 11.9. The lowest BCUT2D eigenvalue weighted by molar-refractivity contribution is 0.392. The maximum atomic E-state index is 13.2. The van der Waals surface area contributed by atoms with Crippen LogP contribution in [0.15, 0.2) is 41.8 Å². The Kier molecular flexibility index (Phi) is 4.47. The van der Waals surface area contributed by atoms with Crippen LogP contribution in [0.4, 0.5) is 11.4 Å². The van der Waals surface area contributed by atoms with Gasteiger partial charge in [0, 0.05) is 51.3 Å². The van der Waals surface area contributed by atoms with E-state index in [-0.39, 0.29) is 0 Å². The predicted molar refractivity (Wildman–Crippen MR) is 125 cm³/mol. The number of fused-ring (bicyclic) bond motifs is 2. The Hall–Kier alpha value is -3.07. The van der Waals surface area contributed by atoms with Crippen LogP contribution in [0.3, 0.4) is 0 Å². The van der Waals surface area contributed by atoms with E-state index < -0.39 is 15.3 Å². The number of benzene rings is 1. The van der Waals surface area contributed by atoms with E-state index in [1.165, 1.54) is 11.3 Å². The Morgan fingerprint density at radius 2 is 1.97 bits per heavy atom. The Balaban J connectivity index is 1.62. The first-order chi connectivity index (χ1) is 14.7. The number of pyridine rings is 1. The Labute approximate surface area is 182 Å². The van der Waals surface area contributed by atoms with Crippen LogP contribution in [0.2, 0.25) is 0 Å². The zero-order valence-corrected chi connectivity index (χ0v) is 18.9. The Morgan fingerprint density at radius 1 is 1.16 bits per heavy atom. The fraction of sp³-hybridized carbons (Fsp3) is 0.364. The molecule has 0 saturated heterocycles. The molecule has 162 valence electrons. The first-order valence-electron chi connectivity index (χ1n) is 10.3. The monoisotopic (exact) mass is 438 g/mol. The van der Waals surface area contributed by atoms with Crippen molar-refractivity contribution < 1.29 is 8.42 Å². The van der Waals surface area contributed by atoms with Gasteiger partial charge in [-0.15, -0.1) is 0 Å². The van der Waals surface area contributed by atoms with E-state index in [0.717, 1.165) is 35.1 Å². The van der Waals surface area contributed by atoms with Crippen LogP contribution in [-0.4, -0.2) is 61.1 Å². The van der Waals surface area contributed by atoms with Gasteiger partial charge < -0.3 is 9.47 Å². The first kappa shape index (κ1) is 19.9. The fourth-order valence-corrected chi connectivity index (χ4v) is 6.13. The molecule has 9 heteroatoms. The van der Waals surface area contributed by atoms with E-state index in [1.54, 1.807) is 31.2 Å². The van der Waals surface area contributed by atoms with Crippen LogP contribution in [0.1, 0.15) is 12.5 Å².